The molecule has 0 aliphatic carbocycles. The maximum absolute atomic E-state index is 13.0. The third-order valence-electron chi connectivity index (χ3n) is 5.31. The summed E-state index contributed by atoms with van der Waals surface area (Å²) in [6, 6.07) is 13.6. The van der Waals surface area contributed by atoms with Crippen molar-refractivity contribution in [1.82, 2.24) is 4.90 Å². The fourth-order valence-electron chi connectivity index (χ4n) is 3.54. The van der Waals surface area contributed by atoms with E-state index in [1.165, 1.54) is 11.8 Å². The first-order chi connectivity index (χ1) is 17.4. The van der Waals surface area contributed by atoms with E-state index in [1.807, 2.05) is 55.5 Å². The van der Waals surface area contributed by atoms with Crippen molar-refractivity contribution in [2.75, 3.05) is 19.8 Å². The average molecular weight is 593 g/mol. The van der Waals surface area contributed by atoms with Crippen molar-refractivity contribution in [1.29, 1.82) is 0 Å². The number of hydrogen-bond donors (Lipinski definition) is 0. The van der Waals surface area contributed by atoms with Crippen molar-refractivity contribution < 1.29 is 23.8 Å². The number of carbonyl (C=O) groups is 2. The number of ether oxygens (including phenoxy) is 3. The number of amides is 1. The van der Waals surface area contributed by atoms with Crippen molar-refractivity contribution in [3.05, 3.63) is 63.0 Å². The summed E-state index contributed by atoms with van der Waals surface area (Å²) in [6.07, 6.45) is 4.57. The van der Waals surface area contributed by atoms with Crippen molar-refractivity contribution >= 4 is 62.2 Å². The van der Waals surface area contributed by atoms with E-state index >= 15 is 0 Å². The first kappa shape index (κ1) is 28.2. The third-order valence-corrected chi connectivity index (χ3v) is 7.22. The first-order valence-electron chi connectivity index (χ1n) is 12.0. The smallest absolute Gasteiger partial charge is 0.305 e. The number of hydrogen-bond acceptors (Lipinski definition) is 7. The Morgan fingerprint density at radius 1 is 1.03 bits per heavy atom. The molecule has 1 aliphatic rings. The molecule has 1 saturated heterocycles. The van der Waals surface area contributed by atoms with Gasteiger partial charge in [-0.05, 0) is 68.2 Å². The molecule has 0 N–H and O–H groups in total. The highest BCUT2D eigenvalue weighted by molar-refractivity contribution is 9.10. The predicted molar refractivity (Wildman–Crippen MR) is 151 cm³/mol. The van der Waals surface area contributed by atoms with Crippen LogP contribution >= 0.6 is 39.9 Å². The molecule has 1 amide bonds. The predicted octanol–water partition coefficient (Wildman–Crippen LogP) is 6.75. The molecule has 36 heavy (non-hydrogen) atoms. The van der Waals surface area contributed by atoms with E-state index in [1.54, 1.807) is 11.8 Å². The fraction of sp³-hybridized carbons (Fsp3) is 0.370. The van der Waals surface area contributed by atoms with Gasteiger partial charge in [0.15, 0.2) is 11.5 Å². The Labute approximate surface area is 230 Å². The molecule has 3 rings (SSSR count). The molecular weight excluding hydrogens is 562 g/mol. The highest BCUT2D eigenvalue weighted by Crippen LogP contribution is 2.35. The van der Waals surface area contributed by atoms with Crippen molar-refractivity contribution in [2.24, 2.45) is 0 Å². The minimum absolute atomic E-state index is 0.0936. The monoisotopic (exact) mass is 591 g/mol. The minimum Gasteiger partial charge on any atom is -0.490 e. The Kier molecular flexibility index (Phi) is 11.3. The molecule has 1 heterocycles. The van der Waals surface area contributed by atoms with Gasteiger partial charge < -0.3 is 14.2 Å². The normalized spacial score (nSPS) is 14.4. The zero-order valence-corrected chi connectivity index (χ0v) is 23.7. The summed E-state index contributed by atoms with van der Waals surface area (Å²) < 4.78 is 18.3. The van der Waals surface area contributed by atoms with Gasteiger partial charge in [0.2, 0.25) is 0 Å². The largest absolute Gasteiger partial charge is 0.490 e. The van der Waals surface area contributed by atoms with Crippen LogP contribution in [0.3, 0.4) is 0 Å². The summed E-state index contributed by atoms with van der Waals surface area (Å²) in [5.41, 5.74) is 1.89. The quantitative estimate of drug-likeness (QED) is 0.110. The lowest BCUT2D eigenvalue weighted by Gasteiger charge is -2.14. The van der Waals surface area contributed by atoms with Crippen LogP contribution in [0.1, 0.15) is 50.7 Å². The van der Waals surface area contributed by atoms with Crippen LogP contribution in [0.25, 0.3) is 6.08 Å². The number of esters is 1. The second-order valence-electron chi connectivity index (χ2n) is 8.00. The van der Waals surface area contributed by atoms with E-state index in [4.69, 9.17) is 26.4 Å². The van der Waals surface area contributed by atoms with Crippen LogP contribution in [-0.4, -0.2) is 40.9 Å². The molecule has 0 saturated carbocycles. The molecule has 0 bridgehead atoms. The van der Waals surface area contributed by atoms with Crippen molar-refractivity contribution in [2.45, 2.75) is 46.1 Å². The molecule has 0 atom stereocenters. The summed E-state index contributed by atoms with van der Waals surface area (Å²) in [4.78, 5) is 26.6. The zero-order valence-electron chi connectivity index (χ0n) is 20.5. The minimum atomic E-state index is -0.179. The Bertz CT molecular complexity index is 1100. The van der Waals surface area contributed by atoms with E-state index in [2.05, 4.69) is 15.9 Å². The van der Waals surface area contributed by atoms with Gasteiger partial charge in [0.1, 0.15) is 10.9 Å². The average Bonchev–Trinajstić information content (AvgIpc) is 3.12. The van der Waals surface area contributed by atoms with Crippen molar-refractivity contribution in [3.8, 4) is 11.5 Å². The Morgan fingerprint density at radius 3 is 2.53 bits per heavy atom. The molecular formula is C27H30BrNO5S2. The molecule has 1 aliphatic heterocycles. The Balaban J connectivity index is 1.60. The number of unbranched alkanes of at least 4 members (excludes halogenated alkanes) is 2. The molecule has 0 spiro atoms. The fourth-order valence-corrected chi connectivity index (χ4v) is 5.11. The SMILES string of the molecule is CCOC(=O)CCCCCN1C(=O)/C(=C\c2ccc(OCc3ccc(Br)cc3)c(OCC)c2)SC1=S. The lowest BCUT2D eigenvalue weighted by atomic mass is 10.1. The number of carbonyl (C=O) groups excluding carboxylic acids is 2. The zero-order chi connectivity index (χ0) is 25.9. The number of benzene rings is 2. The second-order valence-corrected chi connectivity index (χ2v) is 10.6. The van der Waals surface area contributed by atoms with Crippen LogP contribution in [0.4, 0.5) is 0 Å². The summed E-state index contributed by atoms with van der Waals surface area (Å²) in [7, 11) is 0. The van der Waals surface area contributed by atoms with Crippen LogP contribution in [0, 0.1) is 0 Å². The van der Waals surface area contributed by atoms with Crippen LogP contribution in [0.15, 0.2) is 51.8 Å². The molecule has 1 fully saturated rings. The standard InChI is InChI=1S/C27H30BrNO5S2/c1-3-32-23-16-20(11-14-22(23)34-18-19-9-12-21(28)13-10-19)17-24-26(31)29(27(35)36-24)15-7-5-6-8-25(30)33-4-2/h9-14,16-17H,3-8,15,18H2,1-2H3/b24-17+. The van der Waals surface area contributed by atoms with E-state index in [9.17, 15) is 9.59 Å². The lowest BCUT2D eigenvalue weighted by Crippen LogP contribution is -2.29. The van der Waals surface area contributed by atoms with E-state index < -0.39 is 0 Å². The Morgan fingerprint density at radius 2 is 1.81 bits per heavy atom. The van der Waals surface area contributed by atoms with Gasteiger partial charge in [0, 0.05) is 17.4 Å². The molecule has 2 aromatic rings. The number of thiocarbonyl (C=S) groups is 1. The number of halogens is 1. The maximum Gasteiger partial charge on any atom is 0.305 e. The summed E-state index contributed by atoms with van der Waals surface area (Å²) in [6.45, 7) is 5.57. The van der Waals surface area contributed by atoms with Gasteiger partial charge >= 0.3 is 5.97 Å². The van der Waals surface area contributed by atoms with Gasteiger partial charge in [-0.15, -0.1) is 0 Å². The second kappa shape index (κ2) is 14.4. The topological polar surface area (TPSA) is 65.1 Å². The van der Waals surface area contributed by atoms with Gasteiger partial charge in [-0.2, -0.15) is 0 Å². The highest BCUT2D eigenvalue weighted by Gasteiger charge is 2.31. The summed E-state index contributed by atoms with van der Waals surface area (Å²) >= 11 is 10.2. The first-order valence-corrected chi connectivity index (χ1v) is 14.0. The maximum atomic E-state index is 13.0. The number of nitrogens with zero attached hydrogens (tertiary/aromatic N) is 1. The van der Waals surface area contributed by atoms with E-state index in [-0.39, 0.29) is 11.9 Å². The van der Waals surface area contributed by atoms with Gasteiger partial charge in [-0.1, -0.05) is 64.5 Å². The van der Waals surface area contributed by atoms with Gasteiger partial charge in [0.25, 0.3) is 5.91 Å². The molecule has 192 valence electrons. The van der Waals surface area contributed by atoms with Crippen LogP contribution in [0.5, 0.6) is 11.5 Å². The molecule has 0 radical (unpaired) electrons. The van der Waals surface area contributed by atoms with Crippen LogP contribution in [-0.2, 0) is 20.9 Å². The summed E-state index contributed by atoms with van der Waals surface area (Å²) in [5, 5.41) is 0. The number of thioether (sulfide) groups is 1. The van der Waals surface area contributed by atoms with Crippen LogP contribution in [0.2, 0.25) is 0 Å². The van der Waals surface area contributed by atoms with Gasteiger partial charge in [0.05, 0.1) is 18.1 Å². The van der Waals surface area contributed by atoms with Crippen molar-refractivity contribution in [3.63, 3.8) is 0 Å². The molecule has 9 heteroatoms. The summed E-state index contributed by atoms with van der Waals surface area (Å²) in [5.74, 6) is 0.999. The van der Waals surface area contributed by atoms with Gasteiger partial charge in [-0.25, -0.2) is 0 Å². The molecule has 2 aromatic carbocycles. The van der Waals surface area contributed by atoms with Crippen LogP contribution < -0.4 is 9.47 Å². The van der Waals surface area contributed by atoms with E-state index in [0.29, 0.717) is 53.5 Å². The number of rotatable bonds is 13. The highest BCUT2D eigenvalue weighted by atomic mass is 79.9. The Hall–Kier alpha value is -2.36. The molecule has 0 unspecified atom stereocenters. The lowest BCUT2D eigenvalue weighted by molar-refractivity contribution is -0.143. The van der Waals surface area contributed by atoms with E-state index in [0.717, 1.165) is 34.9 Å². The molecule has 0 aromatic heterocycles. The third kappa shape index (κ3) is 8.35. The molecule has 6 nitrogen and oxygen atoms in total. The van der Waals surface area contributed by atoms with Gasteiger partial charge in [-0.3, -0.25) is 14.5 Å².